The van der Waals surface area contributed by atoms with Crippen LogP contribution in [0, 0.1) is 6.92 Å². The molecule has 144 valence electrons. The van der Waals surface area contributed by atoms with E-state index in [9.17, 15) is 14.4 Å². The third kappa shape index (κ3) is 4.59. The first-order valence-electron chi connectivity index (χ1n) is 8.84. The summed E-state index contributed by atoms with van der Waals surface area (Å²) in [7, 11) is 0. The second-order valence-electron chi connectivity index (χ2n) is 6.30. The van der Waals surface area contributed by atoms with Crippen LogP contribution in [0.25, 0.3) is 5.95 Å². The lowest BCUT2D eigenvalue weighted by Crippen LogP contribution is -2.39. The normalized spacial score (nSPS) is 16.3. The molecular weight excluding hydrogens is 352 g/mol. The van der Waals surface area contributed by atoms with Gasteiger partial charge in [-0.1, -0.05) is 6.92 Å². The molecule has 27 heavy (non-hydrogen) atoms. The van der Waals surface area contributed by atoms with Crippen molar-refractivity contribution in [1.29, 1.82) is 0 Å². The molecule has 0 bridgehead atoms. The van der Waals surface area contributed by atoms with Crippen LogP contribution >= 0.6 is 0 Å². The lowest BCUT2D eigenvalue weighted by Gasteiger charge is -2.11. The molecule has 2 amide bonds. The van der Waals surface area contributed by atoms with Crippen LogP contribution in [-0.4, -0.2) is 50.8 Å². The molecule has 1 aliphatic heterocycles. The minimum Gasteiger partial charge on any atom is -0.376 e. The Morgan fingerprint density at radius 3 is 2.89 bits per heavy atom. The van der Waals surface area contributed by atoms with E-state index in [1.165, 1.54) is 10.7 Å². The van der Waals surface area contributed by atoms with Crippen molar-refractivity contribution >= 4 is 17.6 Å². The molecule has 0 aliphatic carbocycles. The van der Waals surface area contributed by atoms with Gasteiger partial charge < -0.3 is 15.4 Å². The summed E-state index contributed by atoms with van der Waals surface area (Å²) in [5.74, 6) is -1.19. The molecule has 1 atom stereocenters. The molecule has 2 aromatic heterocycles. The van der Waals surface area contributed by atoms with E-state index in [0.29, 0.717) is 24.4 Å². The van der Waals surface area contributed by atoms with E-state index in [1.807, 2.05) is 6.92 Å². The van der Waals surface area contributed by atoms with Gasteiger partial charge in [0.1, 0.15) is 5.82 Å². The summed E-state index contributed by atoms with van der Waals surface area (Å²) in [6, 6.07) is 2.99. The Morgan fingerprint density at radius 2 is 2.19 bits per heavy atom. The molecule has 0 saturated carbocycles. The largest absolute Gasteiger partial charge is 0.376 e. The van der Waals surface area contributed by atoms with Gasteiger partial charge in [0.2, 0.25) is 5.95 Å². The van der Waals surface area contributed by atoms with Gasteiger partial charge in [-0.2, -0.15) is 9.78 Å². The second-order valence-corrected chi connectivity index (χ2v) is 6.30. The molecule has 1 fully saturated rings. The Morgan fingerprint density at radius 1 is 1.37 bits per heavy atom. The van der Waals surface area contributed by atoms with Crippen LogP contribution in [0.2, 0.25) is 0 Å². The number of nitrogens with zero attached hydrogens (tertiary/aromatic N) is 3. The Balaban J connectivity index is 1.73. The average Bonchev–Trinajstić information content (AvgIpc) is 3.28. The second kappa shape index (κ2) is 8.12. The van der Waals surface area contributed by atoms with Gasteiger partial charge in [0.25, 0.3) is 5.56 Å². The molecule has 0 spiro atoms. The highest BCUT2D eigenvalue weighted by Crippen LogP contribution is 2.14. The van der Waals surface area contributed by atoms with Gasteiger partial charge >= 0.3 is 11.8 Å². The van der Waals surface area contributed by atoms with Crippen LogP contribution in [0.5, 0.6) is 0 Å². The number of carbonyl (C=O) groups is 2. The number of H-pyrrole nitrogens is 1. The van der Waals surface area contributed by atoms with E-state index in [1.54, 1.807) is 13.0 Å². The summed E-state index contributed by atoms with van der Waals surface area (Å²) in [6.07, 6.45) is 2.33. The van der Waals surface area contributed by atoms with Gasteiger partial charge in [-0.05, 0) is 26.2 Å². The Labute approximate surface area is 155 Å². The first-order chi connectivity index (χ1) is 13.0. The fraction of sp³-hybridized carbons (Fsp3) is 0.471. The van der Waals surface area contributed by atoms with Gasteiger partial charge in [0, 0.05) is 31.0 Å². The summed E-state index contributed by atoms with van der Waals surface area (Å²) in [6.45, 7) is 4.57. The topological polar surface area (TPSA) is 131 Å². The van der Waals surface area contributed by atoms with Crippen molar-refractivity contribution < 1.29 is 14.3 Å². The van der Waals surface area contributed by atoms with E-state index in [4.69, 9.17) is 4.74 Å². The monoisotopic (exact) mass is 374 g/mol. The zero-order valence-electron chi connectivity index (χ0n) is 15.2. The van der Waals surface area contributed by atoms with Crippen molar-refractivity contribution in [2.75, 3.05) is 18.5 Å². The predicted molar refractivity (Wildman–Crippen MR) is 96.7 cm³/mol. The van der Waals surface area contributed by atoms with Crippen LogP contribution in [0.3, 0.4) is 0 Å². The summed E-state index contributed by atoms with van der Waals surface area (Å²) in [4.78, 5) is 42.9. The maximum Gasteiger partial charge on any atom is 0.314 e. The Hall–Kier alpha value is -3.01. The highest BCUT2D eigenvalue weighted by atomic mass is 16.5. The lowest BCUT2D eigenvalue weighted by molar-refractivity contribution is -0.136. The summed E-state index contributed by atoms with van der Waals surface area (Å²) in [5, 5.41) is 9.30. The number of hydrogen-bond donors (Lipinski definition) is 3. The molecule has 1 aliphatic rings. The zero-order valence-corrected chi connectivity index (χ0v) is 15.2. The minimum atomic E-state index is -0.830. The molecule has 10 nitrogen and oxygen atoms in total. The molecular formula is C17H22N6O4. The fourth-order valence-corrected chi connectivity index (χ4v) is 2.79. The van der Waals surface area contributed by atoms with Crippen molar-refractivity contribution in [2.24, 2.45) is 0 Å². The first-order valence-corrected chi connectivity index (χ1v) is 8.84. The zero-order chi connectivity index (χ0) is 19.4. The number of ether oxygens (including phenoxy) is 1. The highest BCUT2D eigenvalue weighted by molar-refractivity contribution is 6.39. The van der Waals surface area contributed by atoms with Crippen molar-refractivity contribution in [1.82, 2.24) is 25.1 Å². The smallest absolute Gasteiger partial charge is 0.314 e. The molecule has 2 aromatic rings. The van der Waals surface area contributed by atoms with Crippen molar-refractivity contribution in [3.63, 3.8) is 0 Å². The summed E-state index contributed by atoms with van der Waals surface area (Å²) < 4.78 is 6.70. The van der Waals surface area contributed by atoms with E-state index >= 15 is 0 Å². The van der Waals surface area contributed by atoms with Crippen LogP contribution < -0.4 is 16.2 Å². The number of anilines is 1. The molecule has 0 aromatic carbocycles. The summed E-state index contributed by atoms with van der Waals surface area (Å²) in [5.41, 5.74) is 0.861. The van der Waals surface area contributed by atoms with Gasteiger partial charge in [-0.3, -0.25) is 19.4 Å². The van der Waals surface area contributed by atoms with Crippen molar-refractivity contribution in [3.8, 4) is 5.95 Å². The van der Waals surface area contributed by atoms with E-state index in [0.717, 1.165) is 12.8 Å². The quantitative estimate of drug-likeness (QED) is 0.634. The van der Waals surface area contributed by atoms with Crippen LogP contribution in [0.15, 0.2) is 16.9 Å². The van der Waals surface area contributed by atoms with E-state index < -0.39 is 11.8 Å². The Bertz CT molecular complexity index is 897. The van der Waals surface area contributed by atoms with Crippen LogP contribution in [-0.2, 0) is 20.7 Å². The number of amides is 2. The molecule has 0 unspecified atom stereocenters. The third-order valence-electron chi connectivity index (χ3n) is 4.14. The lowest BCUT2D eigenvalue weighted by atomic mass is 10.2. The molecule has 3 rings (SSSR count). The third-order valence-corrected chi connectivity index (χ3v) is 4.14. The molecule has 3 heterocycles. The maximum absolute atomic E-state index is 12.2. The van der Waals surface area contributed by atoms with Crippen LogP contribution in [0.4, 0.5) is 5.82 Å². The number of carbonyl (C=O) groups excluding carboxylic acids is 2. The number of aromatic nitrogens is 4. The fourth-order valence-electron chi connectivity index (χ4n) is 2.79. The number of hydrogen-bond acceptors (Lipinski definition) is 6. The van der Waals surface area contributed by atoms with Gasteiger partial charge in [0.15, 0.2) is 0 Å². The Kier molecular flexibility index (Phi) is 5.65. The van der Waals surface area contributed by atoms with Gasteiger partial charge in [0.05, 0.1) is 11.8 Å². The first kappa shape index (κ1) is 18.8. The van der Waals surface area contributed by atoms with Crippen molar-refractivity contribution in [2.45, 2.75) is 39.2 Å². The van der Waals surface area contributed by atoms with Crippen LogP contribution in [0.1, 0.15) is 31.2 Å². The van der Waals surface area contributed by atoms with E-state index in [-0.39, 0.29) is 30.0 Å². The number of nitrogens with one attached hydrogen (secondary N) is 3. The molecule has 1 saturated heterocycles. The van der Waals surface area contributed by atoms with Crippen molar-refractivity contribution in [3.05, 3.63) is 33.9 Å². The standard InChI is InChI=1S/C17H22N6O4/c1-3-11-8-14(24)21-17(19-11)23-13(7-10(2)22-23)20-16(26)15(25)18-9-12-5-4-6-27-12/h7-8,12H,3-6,9H2,1-2H3,(H,18,25)(H,20,26)(H,19,21,24)/t12-/m0/s1. The maximum atomic E-state index is 12.2. The number of aromatic amines is 1. The number of rotatable bonds is 5. The average molecular weight is 374 g/mol. The van der Waals surface area contributed by atoms with Gasteiger partial charge in [-0.15, -0.1) is 0 Å². The van der Waals surface area contributed by atoms with Gasteiger partial charge in [-0.25, -0.2) is 4.98 Å². The molecule has 3 N–H and O–H groups in total. The molecule has 0 radical (unpaired) electrons. The number of aryl methyl sites for hydroxylation is 2. The molecule has 10 heteroatoms. The van der Waals surface area contributed by atoms with E-state index in [2.05, 4.69) is 25.7 Å². The SMILES string of the molecule is CCc1cc(=O)[nH]c(-n2nc(C)cc2NC(=O)C(=O)NC[C@@H]2CCCO2)n1. The highest BCUT2D eigenvalue weighted by Gasteiger charge is 2.21. The summed E-state index contributed by atoms with van der Waals surface area (Å²) >= 11 is 0. The minimum absolute atomic E-state index is 0.0550. The predicted octanol–water partition coefficient (Wildman–Crippen LogP) is 0.0601.